The van der Waals surface area contributed by atoms with E-state index in [0.29, 0.717) is 0 Å². The average molecular weight is 353 g/mol. The van der Waals surface area contributed by atoms with Gasteiger partial charge in [0.25, 0.3) is 0 Å². The maximum absolute atomic E-state index is 13.5. The Balaban J connectivity index is 1.80. The molecular formula is C16H16FNO3S2. The standard InChI is InChI=1S/C16H16FNO3S2/c17-14-8-4-5-9-15(14)23(20,21)11-10-18-16(19)12-22-13-6-2-1-3-7-13/h1-9H,10-12H2,(H,18,19). The van der Waals surface area contributed by atoms with Gasteiger partial charge < -0.3 is 5.32 Å². The van der Waals surface area contributed by atoms with Gasteiger partial charge in [-0.05, 0) is 24.3 Å². The summed E-state index contributed by atoms with van der Waals surface area (Å²) in [6.07, 6.45) is 0. The number of rotatable bonds is 7. The number of hydrogen-bond donors (Lipinski definition) is 1. The Morgan fingerprint density at radius 3 is 2.39 bits per heavy atom. The first-order valence-electron chi connectivity index (χ1n) is 6.91. The van der Waals surface area contributed by atoms with Crippen molar-refractivity contribution in [1.82, 2.24) is 5.32 Å². The Morgan fingerprint density at radius 2 is 1.70 bits per heavy atom. The fourth-order valence-corrected chi connectivity index (χ4v) is 3.84. The molecule has 0 aromatic heterocycles. The van der Waals surface area contributed by atoms with Crippen LogP contribution in [-0.4, -0.2) is 32.4 Å². The first-order chi connectivity index (χ1) is 11.0. The van der Waals surface area contributed by atoms with E-state index in [4.69, 9.17) is 0 Å². The second-order valence-electron chi connectivity index (χ2n) is 4.70. The van der Waals surface area contributed by atoms with Crippen LogP contribution in [0.4, 0.5) is 4.39 Å². The summed E-state index contributed by atoms with van der Waals surface area (Å²) in [7, 11) is -3.75. The monoisotopic (exact) mass is 353 g/mol. The van der Waals surface area contributed by atoms with Crippen molar-refractivity contribution in [2.45, 2.75) is 9.79 Å². The van der Waals surface area contributed by atoms with Crippen LogP contribution in [0.5, 0.6) is 0 Å². The molecule has 0 aliphatic heterocycles. The molecule has 0 fully saturated rings. The highest BCUT2D eigenvalue weighted by Gasteiger charge is 2.18. The molecule has 0 radical (unpaired) electrons. The molecule has 2 aromatic rings. The molecule has 0 saturated heterocycles. The molecule has 23 heavy (non-hydrogen) atoms. The molecule has 0 aliphatic rings. The fraction of sp³-hybridized carbons (Fsp3) is 0.188. The van der Waals surface area contributed by atoms with Gasteiger partial charge in [0, 0.05) is 11.4 Å². The largest absolute Gasteiger partial charge is 0.354 e. The number of benzene rings is 2. The molecule has 0 atom stereocenters. The first-order valence-corrected chi connectivity index (χ1v) is 9.55. The lowest BCUT2D eigenvalue weighted by molar-refractivity contribution is -0.118. The summed E-state index contributed by atoms with van der Waals surface area (Å²) in [5, 5.41) is 2.54. The lowest BCUT2D eigenvalue weighted by Gasteiger charge is -2.07. The Kier molecular flexibility index (Phi) is 6.18. The second kappa shape index (κ2) is 8.12. The van der Waals surface area contributed by atoms with E-state index < -0.39 is 15.7 Å². The van der Waals surface area contributed by atoms with Crippen molar-refractivity contribution in [2.24, 2.45) is 0 Å². The van der Waals surface area contributed by atoms with E-state index in [-0.39, 0.29) is 28.9 Å². The zero-order valence-corrected chi connectivity index (χ0v) is 13.9. The highest BCUT2D eigenvalue weighted by molar-refractivity contribution is 8.00. The number of carbonyl (C=O) groups is 1. The minimum Gasteiger partial charge on any atom is -0.354 e. The lowest BCUT2D eigenvalue weighted by Crippen LogP contribution is -2.30. The van der Waals surface area contributed by atoms with Crippen LogP contribution in [0.2, 0.25) is 0 Å². The van der Waals surface area contributed by atoms with Crippen molar-refractivity contribution in [2.75, 3.05) is 18.1 Å². The summed E-state index contributed by atoms with van der Waals surface area (Å²) < 4.78 is 37.5. The summed E-state index contributed by atoms with van der Waals surface area (Å²) in [4.78, 5) is 12.3. The van der Waals surface area contributed by atoms with E-state index in [1.165, 1.54) is 30.0 Å². The number of sulfone groups is 1. The van der Waals surface area contributed by atoms with Gasteiger partial charge in [-0.25, -0.2) is 12.8 Å². The zero-order chi connectivity index (χ0) is 16.7. The average Bonchev–Trinajstić information content (AvgIpc) is 2.54. The molecule has 0 unspecified atom stereocenters. The number of thioether (sulfide) groups is 1. The van der Waals surface area contributed by atoms with Gasteiger partial charge in [0.1, 0.15) is 10.7 Å². The van der Waals surface area contributed by atoms with E-state index in [1.807, 2.05) is 30.3 Å². The van der Waals surface area contributed by atoms with Crippen molar-refractivity contribution in [3.63, 3.8) is 0 Å². The zero-order valence-electron chi connectivity index (χ0n) is 12.2. The third kappa shape index (κ3) is 5.37. The molecule has 0 spiro atoms. The van der Waals surface area contributed by atoms with Crippen molar-refractivity contribution >= 4 is 27.5 Å². The van der Waals surface area contributed by atoms with Gasteiger partial charge in [-0.2, -0.15) is 0 Å². The van der Waals surface area contributed by atoms with E-state index in [9.17, 15) is 17.6 Å². The second-order valence-corrected chi connectivity index (χ2v) is 7.83. The lowest BCUT2D eigenvalue weighted by atomic mass is 10.3. The molecule has 4 nitrogen and oxygen atoms in total. The maximum Gasteiger partial charge on any atom is 0.230 e. The van der Waals surface area contributed by atoms with Crippen LogP contribution in [0.15, 0.2) is 64.4 Å². The van der Waals surface area contributed by atoms with Crippen LogP contribution in [0.1, 0.15) is 0 Å². The van der Waals surface area contributed by atoms with Crippen LogP contribution in [0, 0.1) is 5.82 Å². The van der Waals surface area contributed by atoms with Crippen LogP contribution >= 0.6 is 11.8 Å². The molecular weight excluding hydrogens is 337 g/mol. The Labute approximate surface area is 139 Å². The number of amides is 1. The van der Waals surface area contributed by atoms with Crippen LogP contribution in [0.25, 0.3) is 0 Å². The topological polar surface area (TPSA) is 63.2 Å². The molecule has 0 aliphatic carbocycles. The summed E-state index contributed by atoms with van der Waals surface area (Å²) in [6, 6.07) is 14.6. The van der Waals surface area contributed by atoms with E-state index in [1.54, 1.807) is 0 Å². The van der Waals surface area contributed by atoms with Gasteiger partial charge in [-0.1, -0.05) is 30.3 Å². The SMILES string of the molecule is O=C(CSc1ccccc1)NCCS(=O)(=O)c1ccccc1F. The summed E-state index contributed by atoms with van der Waals surface area (Å²) in [5.41, 5.74) is 0. The molecule has 122 valence electrons. The molecule has 1 amide bonds. The summed E-state index contributed by atoms with van der Waals surface area (Å²) in [5.74, 6) is -1.18. The predicted molar refractivity (Wildman–Crippen MR) is 88.6 cm³/mol. The summed E-state index contributed by atoms with van der Waals surface area (Å²) >= 11 is 1.36. The highest BCUT2D eigenvalue weighted by Crippen LogP contribution is 2.16. The van der Waals surface area contributed by atoms with Crippen LogP contribution < -0.4 is 5.32 Å². The minimum atomic E-state index is -3.75. The molecule has 7 heteroatoms. The van der Waals surface area contributed by atoms with E-state index in [0.717, 1.165) is 11.0 Å². The van der Waals surface area contributed by atoms with Crippen LogP contribution in [-0.2, 0) is 14.6 Å². The highest BCUT2D eigenvalue weighted by atomic mass is 32.2. The molecule has 2 aromatic carbocycles. The molecule has 0 heterocycles. The summed E-state index contributed by atoms with van der Waals surface area (Å²) in [6.45, 7) is -0.0507. The molecule has 2 rings (SSSR count). The third-order valence-corrected chi connectivity index (χ3v) is 5.73. The number of halogens is 1. The van der Waals surface area contributed by atoms with E-state index >= 15 is 0 Å². The van der Waals surface area contributed by atoms with Gasteiger partial charge >= 0.3 is 0 Å². The van der Waals surface area contributed by atoms with Crippen molar-refractivity contribution in [1.29, 1.82) is 0 Å². The minimum absolute atomic E-state index is 0.0507. The molecule has 1 N–H and O–H groups in total. The fourth-order valence-electron chi connectivity index (χ4n) is 1.85. The Morgan fingerprint density at radius 1 is 1.04 bits per heavy atom. The predicted octanol–water partition coefficient (Wildman–Crippen LogP) is 2.51. The Bertz CT molecular complexity index is 764. The van der Waals surface area contributed by atoms with Gasteiger partial charge in [-0.3, -0.25) is 4.79 Å². The van der Waals surface area contributed by atoms with Gasteiger partial charge in [-0.15, -0.1) is 11.8 Å². The van der Waals surface area contributed by atoms with Gasteiger partial charge in [0.15, 0.2) is 9.84 Å². The van der Waals surface area contributed by atoms with Gasteiger partial charge in [0.2, 0.25) is 5.91 Å². The third-order valence-electron chi connectivity index (χ3n) is 2.98. The van der Waals surface area contributed by atoms with Crippen LogP contribution in [0.3, 0.4) is 0 Å². The Hall–Kier alpha value is -1.86. The number of nitrogens with one attached hydrogen (secondary N) is 1. The van der Waals surface area contributed by atoms with Crippen molar-refractivity contribution in [3.05, 3.63) is 60.4 Å². The number of hydrogen-bond acceptors (Lipinski definition) is 4. The normalized spacial score (nSPS) is 11.2. The van der Waals surface area contributed by atoms with Gasteiger partial charge in [0.05, 0.1) is 11.5 Å². The quantitative estimate of drug-likeness (QED) is 0.777. The molecule has 0 bridgehead atoms. The first kappa shape index (κ1) is 17.5. The van der Waals surface area contributed by atoms with Crippen molar-refractivity contribution < 1.29 is 17.6 Å². The van der Waals surface area contributed by atoms with E-state index in [2.05, 4.69) is 5.32 Å². The maximum atomic E-state index is 13.5. The number of carbonyl (C=O) groups excluding carboxylic acids is 1. The van der Waals surface area contributed by atoms with Crippen molar-refractivity contribution in [3.8, 4) is 0 Å². The molecule has 0 saturated carbocycles. The smallest absolute Gasteiger partial charge is 0.230 e.